The van der Waals surface area contributed by atoms with Crippen LogP contribution in [0.5, 0.6) is 11.5 Å². The SMILES string of the molecule is CC.CCCCC(CC)COc1c(C)ccc2c(OCC(CC)CCCC)c(C=O)ccc12. The molecule has 3 nitrogen and oxygen atoms in total. The summed E-state index contributed by atoms with van der Waals surface area (Å²) in [7, 11) is 0. The van der Waals surface area contributed by atoms with Crippen LogP contribution in [0.3, 0.4) is 0 Å². The maximum Gasteiger partial charge on any atom is 0.153 e. The van der Waals surface area contributed by atoms with E-state index in [0.717, 1.165) is 54.2 Å². The molecule has 2 atom stereocenters. The van der Waals surface area contributed by atoms with Gasteiger partial charge in [-0.15, -0.1) is 0 Å². The Morgan fingerprint density at radius 1 is 0.758 bits per heavy atom. The summed E-state index contributed by atoms with van der Waals surface area (Å²) in [5, 5.41) is 2.00. The van der Waals surface area contributed by atoms with E-state index in [0.29, 0.717) is 29.8 Å². The summed E-state index contributed by atoms with van der Waals surface area (Å²) in [6.45, 7) is 16.4. The first-order chi connectivity index (χ1) is 16.1. The first-order valence-electron chi connectivity index (χ1n) is 13.4. The van der Waals surface area contributed by atoms with Crippen molar-refractivity contribution < 1.29 is 14.3 Å². The first-order valence-corrected chi connectivity index (χ1v) is 13.4. The second kappa shape index (κ2) is 16.6. The van der Waals surface area contributed by atoms with E-state index in [4.69, 9.17) is 9.47 Å². The van der Waals surface area contributed by atoms with E-state index >= 15 is 0 Å². The van der Waals surface area contributed by atoms with Gasteiger partial charge in [0.1, 0.15) is 11.5 Å². The Labute approximate surface area is 203 Å². The lowest BCUT2D eigenvalue weighted by molar-refractivity contribution is 0.111. The van der Waals surface area contributed by atoms with Crippen molar-refractivity contribution in [1.82, 2.24) is 0 Å². The Bertz CT molecular complexity index is 812. The molecule has 3 heteroatoms. The highest BCUT2D eigenvalue weighted by atomic mass is 16.5. The van der Waals surface area contributed by atoms with Crippen LogP contribution in [0.2, 0.25) is 0 Å². The molecule has 0 N–H and O–H groups in total. The highest BCUT2D eigenvalue weighted by molar-refractivity contribution is 5.99. The topological polar surface area (TPSA) is 35.5 Å². The molecule has 0 saturated heterocycles. The standard InChI is InChI=1S/C28H42O3.C2H6/c1-6-10-12-22(8-3)19-30-27-21(5)14-16-26-25(27)17-15-24(18-29)28(26)31-20-23(9-4)13-11-7-2;1-2/h14-18,22-23H,6-13,19-20H2,1-5H3;1-2H3. The number of benzene rings is 2. The molecule has 0 radical (unpaired) electrons. The summed E-state index contributed by atoms with van der Waals surface area (Å²) in [5.74, 6) is 2.71. The molecule has 0 aliphatic carbocycles. The van der Waals surface area contributed by atoms with Gasteiger partial charge in [0.15, 0.2) is 6.29 Å². The van der Waals surface area contributed by atoms with Crippen LogP contribution in [0.4, 0.5) is 0 Å². The molecule has 0 amide bonds. The van der Waals surface area contributed by atoms with Crippen molar-refractivity contribution in [3.05, 3.63) is 35.4 Å². The van der Waals surface area contributed by atoms with Crippen molar-refractivity contribution in [2.45, 2.75) is 99.8 Å². The fourth-order valence-electron chi connectivity index (χ4n) is 4.12. The number of rotatable bonds is 15. The third-order valence-corrected chi connectivity index (χ3v) is 6.47. The lowest BCUT2D eigenvalue weighted by Gasteiger charge is -2.21. The number of carbonyl (C=O) groups excluding carboxylic acids is 1. The Kier molecular flexibility index (Phi) is 14.6. The van der Waals surface area contributed by atoms with Gasteiger partial charge in [0.2, 0.25) is 0 Å². The van der Waals surface area contributed by atoms with Crippen molar-refractivity contribution in [3.63, 3.8) is 0 Å². The molecule has 0 aliphatic heterocycles. The zero-order valence-electron chi connectivity index (χ0n) is 22.3. The van der Waals surface area contributed by atoms with Gasteiger partial charge in [-0.25, -0.2) is 0 Å². The molecular weight excluding hydrogens is 408 g/mol. The van der Waals surface area contributed by atoms with Gasteiger partial charge < -0.3 is 9.47 Å². The van der Waals surface area contributed by atoms with Gasteiger partial charge in [0.25, 0.3) is 0 Å². The minimum Gasteiger partial charge on any atom is -0.492 e. The van der Waals surface area contributed by atoms with Crippen LogP contribution < -0.4 is 9.47 Å². The summed E-state index contributed by atoms with van der Waals surface area (Å²) >= 11 is 0. The Balaban J connectivity index is 0.00000265. The van der Waals surface area contributed by atoms with E-state index in [1.807, 2.05) is 26.0 Å². The largest absolute Gasteiger partial charge is 0.492 e. The van der Waals surface area contributed by atoms with E-state index in [9.17, 15) is 4.79 Å². The minimum atomic E-state index is 0.514. The van der Waals surface area contributed by atoms with Gasteiger partial charge >= 0.3 is 0 Å². The van der Waals surface area contributed by atoms with Crippen molar-refractivity contribution in [3.8, 4) is 11.5 Å². The van der Waals surface area contributed by atoms with Crippen LogP contribution in [0.15, 0.2) is 24.3 Å². The number of unbranched alkanes of at least 4 members (excludes halogenated alkanes) is 2. The van der Waals surface area contributed by atoms with Crippen LogP contribution >= 0.6 is 0 Å². The number of aryl methyl sites for hydroxylation is 1. The van der Waals surface area contributed by atoms with E-state index in [-0.39, 0.29) is 0 Å². The first kappa shape index (κ1) is 29.0. The number of ether oxygens (including phenoxy) is 2. The molecule has 0 heterocycles. The number of hydrogen-bond acceptors (Lipinski definition) is 3. The van der Waals surface area contributed by atoms with Gasteiger partial charge in [0.05, 0.1) is 18.8 Å². The second-order valence-corrected chi connectivity index (χ2v) is 8.86. The van der Waals surface area contributed by atoms with E-state index in [1.54, 1.807) is 0 Å². The predicted molar refractivity (Wildman–Crippen MR) is 143 cm³/mol. The number of fused-ring (bicyclic) bond motifs is 1. The van der Waals surface area contributed by atoms with E-state index < -0.39 is 0 Å². The number of hydrogen-bond donors (Lipinski definition) is 0. The van der Waals surface area contributed by atoms with Crippen LogP contribution in [0.25, 0.3) is 10.8 Å². The van der Waals surface area contributed by atoms with Gasteiger partial charge in [-0.1, -0.05) is 92.2 Å². The molecule has 2 aromatic carbocycles. The lowest BCUT2D eigenvalue weighted by atomic mass is 9.99. The average Bonchev–Trinajstić information content (AvgIpc) is 2.86. The predicted octanol–water partition coefficient (Wildman–Crippen LogP) is 9.18. The highest BCUT2D eigenvalue weighted by Crippen LogP contribution is 2.37. The number of aldehydes is 1. The third kappa shape index (κ3) is 8.68. The van der Waals surface area contributed by atoms with Gasteiger partial charge in [0, 0.05) is 10.8 Å². The highest BCUT2D eigenvalue weighted by Gasteiger charge is 2.17. The fraction of sp³-hybridized carbons (Fsp3) is 0.633. The lowest BCUT2D eigenvalue weighted by Crippen LogP contribution is -2.13. The van der Waals surface area contributed by atoms with Crippen LogP contribution in [0, 0.1) is 18.8 Å². The smallest absolute Gasteiger partial charge is 0.153 e. The zero-order valence-corrected chi connectivity index (χ0v) is 22.3. The molecule has 0 aliphatic rings. The van der Waals surface area contributed by atoms with E-state index in [2.05, 4.69) is 46.8 Å². The molecule has 2 unspecified atom stereocenters. The average molecular weight is 457 g/mol. The molecular formula is C30H48O3. The summed E-state index contributed by atoms with van der Waals surface area (Å²) in [6, 6.07) is 8.04. The molecule has 33 heavy (non-hydrogen) atoms. The van der Waals surface area contributed by atoms with Gasteiger partial charge in [-0.3, -0.25) is 4.79 Å². The molecule has 0 spiro atoms. The molecule has 2 rings (SSSR count). The third-order valence-electron chi connectivity index (χ3n) is 6.47. The molecule has 0 aromatic heterocycles. The Morgan fingerprint density at radius 3 is 1.73 bits per heavy atom. The minimum absolute atomic E-state index is 0.514. The molecule has 2 aromatic rings. The van der Waals surface area contributed by atoms with E-state index in [1.165, 1.54) is 32.1 Å². The fourth-order valence-corrected chi connectivity index (χ4v) is 4.12. The summed E-state index contributed by atoms with van der Waals surface area (Å²) in [4.78, 5) is 11.8. The van der Waals surface area contributed by atoms with Crippen LogP contribution in [0.1, 0.15) is 109 Å². The quantitative estimate of drug-likeness (QED) is 0.251. The monoisotopic (exact) mass is 456 g/mol. The van der Waals surface area contributed by atoms with Gasteiger partial charge in [-0.2, -0.15) is 0 Å². The normalized spacial score (nSPS) is 12.6. The molecule has 186 valence electrons. The zero-order chi connectivity index (χ0) is 24.6. The Hall–Kier alpha value is -2.03. The van der Waals surface area contributed by atoms with Crippen molar-refractivity contribution in [2.24, 2.45) is 11.8 Å². The second-order valence-electron chi connectivity index (χ2n) is 8.86. The summed E-state index contributed by atoms with van der Waals surface area (Å²) < 4.78 is 12.7. The maximum atomic E-state index is 11.8. The van der Waals surface area contributed by atoms with Crippen LogP contribution in [-0.2, 0) is 0 Å². The molecule has 0 fully saturated rings. The van der Waals surface area contributed by atoms with Crippen molar-refractivity contribution >= 4 is 17.1 Å². The van der Waals surface area contributed by atoms with Gasteiger partial charge in [-0.05, 0) is 49.3 Å². The number of carbonyl (C=O) groups is 1. The summed E-state index contributed by atoms with van der Waals surface area (Å²) in [6.07, 6.45) is 10.4. The summed E-state index contributed by atoms with van der Waals surface area (Å²) in [5.41, 5.74) is 1.74. The van der Waals surface area contributed by atoms with Crippen molar-refractivity contribution in [2.75, 3.05) is 13.2 Å². The van der Waals surface area contributed by atoms with Crippen LogP contribution in [-0.4, -0.2) is 19.5 Å². The Morgan fingerprint density at radius 2 is 1.24 bits per heavy atom. The maximum absolute atomic E-state index is 11.8. The molecule has 0 saturated carbocycles. The molecule has 0 bridgehead atoms. The van der Waals surface area contributed by atoms with Crippen molar-refractivity contribution in [1.29, 1.82) is 0 Å².